The van der Waals surface area contributed by atoms with Crippen LogP contribution in [0.15, 0.2) is 12.7 Å². The summed E-state index contributed by atoms with van der Waals surface area (Å²) in [6.07, 6.45) is 1.90. The normalized spacial score (nSPS) is 19.1. The Balaban J connectivity index is 1.97. The van der Waals surface area contributed by atoms with E-state index in [4.69, 9.17) is 0 Å². The molecule has 1 rings (SSSR count). The van der Waals surface area contributed by atoms with E-state index < -0.39 is 6.23 Å². The maximum Gasteiger partial charge on any atom is 0.365 e. The minimum atomic E-state index is -0.565. The largest absolute Gasteiger partial charge is 0.431 e. The topological polar surface area (TPSA) is 70.7 Å². The highest BCUT2D eigenvalue weighted by atomic mass is 16.7. The lowest BCUT2D eigenvalue weighted by Gasteiger charge is -2.01. The van der Waals surface area contributed by atoms with Crippen molar-refractivity contribution >= 4 is 11.9 Å². The Hall–Kier alpha value is -1.36. The number of hydrogen-bond donors (Lipinski definition) is 2. The molecule has 1 aliphatic rings. The average Bonchev–Trinajstić information content (AvgIpc) is 2.79. The first-order valence-electron chi connectivity index (χ1n) is 4.05. The van der Waals surface area contributed by atoms with Crippen LogP contribution in [0.5, 0.6) is 0 Å². The second-order valence-corrected chi connectivity index (χ2v) is 2.63. The van der Waals surface area contributed by atoms with Gasteiger partial charge in [-0.2, -0.15) is 0 Å². The molecule has 1 amide bonds. The number of hydrogen-bond acceptors (Lipinski definition) is 4. The van der Waals surface area contributed by atoms with Crippen LogP contribution in [0.4, 0.5) is 0 Å². The van der Waals surface area contributed by atoms with Gasteiger partial charge < -0.3 is 10.1 Å². The van der Waals surface area contributed by atoms with E-state index in [0.717, 1.165) is 6.42 Å². The van der Waals surface area contributed by atoms with Crippen LogP contribution in [0.3, 0.4) is 0 Å². The number of carbonyl (C=O) groups excluding carboxylic acids is 2. The monoisotopic (exact) mass is 184 g/mol. The van der Waals surface area contributed by atoms with Crippen LogP contribution in [-0.2, 0) is 14.3 Å². The van der Waals surface area contributed by atoms with E-state index >= 15 is 0 Å². The summed E-state index contributed by atoms with van der Waals surface area (Å²) in [5.41, 5.74) is 0. The summed E-state index contributed by atoms with van der Waals surface area (Å²) in [4.78, 5) is 21.3. The first-order chi connectivity index (χ1) is 6.24. The zero-order valence-electron chi connectivity index (χ0n) is 7.21. The lowest BCUT2D eigenvalue weighted by atomic mass is 10.4. The van der Waals surface area contributed by atoms with Gasteiger partial charge in [-0.25, -0.2) is 4.79 Å². The van der Waals surface area contributed by atoms with Gasteiger partial charge in [0.1, 0.15) is 0 Å². The molecule has 1 aliphatic heterocycles. The van der Waals surface area contributed by atoms with E-state index in [9.17, 15) is 9.59 Å². The highest BCUT2D eigenvalue weighted by molar-refractivity contribution is 5.87. The highest BCUT2D eigenvalue weighted by Gasteiger charge is 2.37. The molecule has 1 heterocycles. The SMILES string of the molecule is C=CCCNC(=O)CNC1OC1=O. The van der Waals surface area contributed by atoms with Crippen molar-refractivity contribution in [1.82, 2.24) is 10.6 Å². The van der Waals surface area contributed by atoms with Crippen molar-refractivity contribution < 1.29 is 14.3 Å². The minimum Gasteiger partial charge on any atom is -0.431 e. The molecule has 0 saturated carbocycles. The molecule has 13 heavy (non-hydrogen) atoms. The Bertz CT molecular complexity index is 227. The fourth-order valence-corrected chi connectivity index (χ4v) is 0.769. The van der Waals surface area contributed by atoms with E-state index in [2.05, 4.69) is 21.9 Å². The maximum absolute atomic E-state index is 11.0. The summed E-state index contributed by atoms with van der Waals surface area (Å²) in [6.45, 7) is 4.20. The summed E-state index contributed by atoms with van der Waals surface area (Å²) in [5.74, 6) is -0.455. The molecular weight excluding hydrogens is 172 g/mol. The first-order valence-corrected chi connectivity index (χ1v) is 4.05. The summed E-state index contributed by atoms with van der Waals surface area (Å²) in [6, 6.07) is 0. The smallest absolute Gasteiger partial charge is 0.365 e. The standard InChI is InChI=1S/C8H12N2O3/c1-2-3-4-9-6(11)5-10-7-8(12)13-7/h2,7,10H,1,3-5H2,(H,9,11). The van der Waals surface area contributed by atoms with Crippen LogP contribution in [0.2, 0.25) is 0 Å². The summed E-state index contributed by atoms with van der Waals surface area (Å²) >= 11 is 0. The molecule has 5 nitrogen and oxygen atoms in total. The van der Waals surface area contributed by atoms with Crippen molar-refractivity contribution in [3.8, 4) is 0 Å². The van der Waals surface area contributed by atoms with Crippen molar-refractivity contribution in [3.05, 3.63) is 12.7 Å². The molecule has 1 unspecified atom stereocenters. The molecule has 0 aromatic heterocycles. The highest BCUT2D eigenvalue weighted by Crippen LogP contribution is 2.06. The molecule has 1 saturated heterocycles. The number of ether oxygens (including phenoxy) is 1. The number of amides is 1. The third kappa shape index (κ3) is 3.71. The minimum absolute atomic E-state index is 0.105. The predicted octanol–water partition coefficient (Wildman–Crippen LogP) is -0.849. The Kier molecular flexibility index (Phi) is 3.45. The number of rotatable bonds is 6. The predicted molar refractivity (Wildman–Crippen MR) is 45.7 cm³/mol. The molecule has 0 aromatic carbocycles. The zero-order chi connectivity index (χ0) is 9.68. The summed E-state index contributed by atoms with van der Waals surface area (Å²) < 4.78 is 4.45. The third-order valence-corrected chi connectivity index (χ3v) is 1.51. The lowest BCUT2D eigenvalue weighted by Crippen LogP contribution is -2.35. The summed E-state index contributed by atoms with van der Waals surface area (Å²) in [5, 5.41) is 5.27. The van der Waals surface area contributed by atoms with E-state index in [0.29, 0.717) is 6.54 Å². The second-order valence-electron chi connectivity index (χ2n) is 2.63. The van der Waals surface area contributed by atoms with Gasteiger partial charge in [0.05, 0.1) is 6.54 Å². The molecule has 0 spiro atoms. The van der Waals surface area contributed by atoms with Gasteiger partial charge >= 0.3 is 5.97 Å². The van der Waals surface area contributed by atoms with Gasteiger partial charge in [0.25, 0.3) is 6.23 Å². The molecular formula is C8H12N2O3. The number of carbonyl (C=O) groups is 2. The van der Waals surface area contributed by atoms with Crippen molar-refractivity contribution in [3.63, 3.8) is 0 Å². The molecule has 5 heteroatoms. The maximum atomic E-state index is 11.0. The Labute approximate surface area is 76.1 Å². The molecule has 0 aliphatic carbocycles. The quantitative estimate of drug-likeness (QED) is 0.320. The van der Waals surface area contributed by atoms with E-state index in [-0.39, 0.29) is 18.4 Å². The number of nitrogens with one attached hydrogen (secondary N) is 2. The number of epoxide rings is 1. The Morgan fingerprint density at radius 2 is 2.38 bits per heavy atom. The van der Waals surface area contributed by atoms with Crippen molar-refractivity contribution in [1.29, 1.82) is 0 Å². The van der Waals surface area contributed by atoms with Crippen LogP contribution >= 0.6 is 0 Å². The fraction of sp³-hybridized carbons (Fsp3) is 0.500. The van der Waals surface area contributed by atoms with Crippen LogP contribution in [0.25, 0.3) is 0 Å². The van der Waals surface area contributed by atoms with Gasteiger partial charge in [0.2, 0.25) is 5.91 Å². The first kappa shape index (κ1) is 9.73. The Morgan fingerprint density at radius 3 is 2.92 bits per heavy atom. The van der Waals surface area contributed by atoms with Crippen LogP contribution in [0.1, 0.15) is 6.42 Å². The van der Waals surface area contributed by atoms with Gasteiger partial charge in [-0.1, -0.05) is 6.08 Å². The fourth-order valence-electron chi connectivity index (χ4n) is 0.769. The molecule has 0 bridgehead atoms. The second kappa shape index (κ2) is 4.61. The molecule has 1 atom stereocenters. The van der Waals surface area contributed by atoms with Gasteiger partial charge in [0.15, 0.2) is 0 Å². The van der Waals surface area contributed by atoms with Crippen LogP contribution < -0.4 is 10.6 Å². The molecule has 2 N–H and O–H groups in total. The molecule has 0 aromatic rings. The van der Waals surface area contributed by atoms with E-state index in [1.165, 1.54) is 0 Å². The van der Waals surface area contributed by atoms with Crippen molar-refractivity contribution in [2.45, 2.75) is 12.6 Å². The van der Waals surface area contributed by atoms with Gasteiger partial charge in [-0.05, 0) is 6.42 Å². The van der Waals surface area contributed by atoms with Gasteiger partial charge in [-0.15, -0.1) is 6.58 Å². The van der Waals surface area contributed by atoms with Crippen molar-refractivity contribution in [2.24, 2.45) is 0 Å². The zero-order valence-corrected chi connectivity index (χ0v) is 7.21. The van der Waals surface area contributed by atoms with Gasteiger partial charge in [-0.3, -0.25) is 10.1 Å². The molecule has 1 fully saturated rings. The summed E-state index contributed by atoms with van der Waals surface area (Å²) in [7, 11) is 0. The van der Waals surface area contributed by atoms with E-state index in [1.807, 2.05) is 0 Å². The van der Waals surface area contributed by atoms with Crippen LogP contribution in [0, 0.1) is 0 Å². The number of cyclic esters (lactones) is 1. The third-order valence-electron chi connectivity index (χ3n) is 1.51. The van der Waals surface area contributed by atoms with Crippen molar-refractivity contribution in [2.75, 3.05) is 13.1 Å². The van der Waals surface area contributed by atoms with Gasteiger partial charge in [0, 0.05) is 6.54 Å². The Morgan fingerprint density at radius 1 is 1.69 bits per heavy atom. The molecule has 72 valence electrons. The van der Waals surface area contributed by atoms with Crippen LogP contribution in [-0.4, -0.2) is 31.2 Å². The van der Waals surface area contributed by atoms with E-state index in [1.54, 1.807) is 6.08 Å². The molecule has 0 radical (unpaired) electrons. The lowest BCUT2D eigenvalue weighted by molar-refractivity contribution is -0.120. The average molecular weight is 184 g/mol.